The van der Waals surface area contributed by atoms with Crippen LogP contribution in [0.5, 0.6) is 5.75 Å². The van der Waals surface area contributed by atoms with Crippen molar-refractivity contribution >= 4 is 0 Å². The van der Waals surface area contributed by atoms with Gasteiger partial charge in [-0.15, -0.1) is 0 Å². The molecule has 1 aromatic carbocycles. The molecule has 0 aromatic heterocycles. The molecule has 1 fully saturated rings. The van der Waals surface area contributed by atoms with Gasteiger partial charge in [0.1, 0.15) is 11.6 Å². The molecule has 1 saturated carbocycles. The van der Waals surface area contributed by atoms with Crippen LogP contribution in [-0.2, 0) is 0 Å². The van der Waals surface area contributed by atoms with Gasteiger partial charge in [0.2, 0.25) is 0 Å². The van der Waals surface area contributed by atoms with Crippen molar-refractivity contribution in [3.05, 3.63) is 29.6 Å². The highest BCUT2D eigenvalue weighted by Gasteiger charge is 2.37. The Bertz CT molecular complexity index is 327. The van der Waals surface area contributed by atoms with Crippen LogP contribution in [-0.4, -0.2) is 13.2 Å². The maximum Gasteiger partial charge on any atom is 0.123 e. The molecule has 2 N–H and O–H groups in total. The van der Waals surface area contributed by atoms with E-state index in [0.29, 0.717) is 0 Å². The molecular formula is C10H12FNO. The van der Waals surface area contributed by atoms with Gasteiger partial charge in [-0.3, -0.25) is 0 Å². The topological polar surface area (TPSA) is 35.2 Å². The second-order valence-corrected chi connectivity index (χ2v) is 3.39. The summed E-state index contributed by atoms with van der Waals surface area (Å²) in [5.41, 5.74) is 6.59. The summed E-state index contributed by atoms with van der Waals surface area (Å²) >= 11 is 0. The highest BCUT2D eigenvalue weighted by atomic mass is 19.1. The maximum absolute atomic E-state index is 12.9. The van der Waals surface area contributed by atoms with Crippen LogP contribution >= 0.6 is 0 Å². The zero-order chi connectivity index (χ0) is 9.42. The monoisotopic (exact) mass is 181 g/mol. The smallest absolute Gasteiger partial charge is 0.123 e. The van der Waals surface area contributed by atoms with Crippen LogP contribution in [0.4, 0.5) is 4.39 Å². The number of ether oxygens (including phenoxy) is 1. The minimum Gasteiger partial charge on any atom is -0.496 e. The van der Waals surface area contributed by atoms with E-state index >= 15 is 0 Å². The Morgan fingerprint density at radius 1 is 1.54 bits per heavy atom. The fraction of sp³-hybridized carbons (Fsp3) is 0.400. The van der Waals surface area contributed by atoms with Crippen molar-refractivity contribution in [3.63, 3.8) is 0 Å². The lowest BCUT2D eigenvalue weighted by molar-refractivity contribution is 0.408. The quantitative estimate of drug-likeness (QED) is 0.752. The highest BCUT2D eigenvalue weighted by Crippen LogP contribution is 2.43. The van der Waals surface area contributed by atoms with E-state index in [1.165, 1.54) is 12.1 Å². The molecule has 70 valence electrons. The van der Waals surface area contributed by atoms with Crippen LogP contribution in [0, 0.1) is 5.82 Å². The second-order valence-electron chi connectivity index (χ2n) is 3.39. The molecule has 0 amide bonds. The van der Waals surface area contributed by atoms with E-state index in [1.807, 2.05) is 0 Å². The van der Waals surface area contributed by atoms with Gasteiger partial charge in [-0.25, -0.2) is 4.39 Å². The summed E-state index contributed by atoms with van der Waals surface area (Å²) in [6.07, 6.45) is 0.930. The average Bonchev–Trinajstić information content (AvgIpc) is 2.82. The van der Waals surface area contributed by atoms with Crippen molar-refractivity contribution in [2.75, 3.05) is 7.11 Å². The van der Waals surface area contributed by atoms with E-state index in [2.05, 4.69) is 0 Å². The van der Waals surface area contributed by atoms with Gasteiger partial charge in [0.05, 0.1) is 7.11 Å². The van der Waals surface area contributed by atoms with Crippen LogP contribution < -0.4 is 10.5 Å². The van der Waals surface area contributed by atoms with Crippen molar-refractivity contribution < 1.29 is 9.13 Å². The fourth-order valence-corrected chi connectivity index (χ4v) is 1.57. The highest BCUT2D eigenvalue weighted by molar-refractivity contribution is 5.40. The lowest BCUT2D eigenvalue weighted by Gasteiger charge is -2.06. The van der Waals surface area contributed by atoms with Crippen LogP contribution in [0.1, 0.15) is 17.9 Å². The molecule has 0 bridgehead atoms. The summed E-state index contributed by atoms with van der Waals surface area (Å²) < 4.78 is 18.0. The van der Waals surface area contributed by atoms with Gasteiger partial charge in [0, 0.05) is 17.5 Å². The molecule has 2 atom stereocenters. The Labute approximate surface area is 76.5 Å². The van der Waals surface area contributed by atoms with E-state index in [4.69, 9.17) is 10.5 Å². The average molecular weight is 181 g/mol. The van der Waals surface area contributed by atoms with E-state index in [9.17, 15) is 4.39 Å². The van der Waals surface area contributed by atoms with Gasteiger partial charge < -0.3 is 10.5 Å². The largest absolute Gasteiger partial charge is 0.496 e. The van der Waals surface area contributed by atoms with Crippen LogP contribution in [0.3, 0.4) is 0 Å². The summed E-state index contributed by atoms with van der Waals surface area (Å²) in [7, 11) is 1.59. The minimum atomic E-state index is -0.227. The molecule has 13 heavy (non-hydrogen) atoms. The first kappa shape index (κ1) is 8.51. The zero-order valence-electron chi connectivity index (χ0n) is 7.46. The van der Waals surface area contributed by atoms with E-state index < -0.39 is 0 Å². The number of benzene rings is 1. The molecule has 2 nitrogen and oxygen atoms in total. The number of hydrogen-bond acceptors (Lipinski definition) is 2. The van der Waals surface area contributed by atoms with Crippen LogP contribution in [0.15, 0.2) is 18.2 Å². The Morgan fingerprint density at radius 2 is 2.23 bits per heavy atom. The van der Waals surface area contributed by atoms with Gasteiger partial charge >= 0.3 is 0 Å². The molecule has 0 aliphatic heterocycles. The number of halogens is 1. The Balaban J connectivity index is 2.35. The predicted molar refractivity (Wildman–Crippen MR) is 48.3 cm³/mol. The molecule has 2 unspecified atom stereocenters. The molecule has 0 saturated heterocycles. The zero-order valence-corrected chi connectivity index (χ0v) is 7.46. The summed E-state index contributed by atoms with van der Waals surface area (Å²) in [5.74, 6) is 0.792. The van der Waals surface area contributed by atoms with Gasteiger partial charge in [-0.1, -0.05) is 0 Å². The van der Waals surface area contributed by atoms with Crippen molar-refractivity contribution in [1.82, 2.24) is 0 Å². The standard InChI is InChI=1S/C10H12FNO/c1-13-10-3-2-6(11)4-8(10)7-5-9(7)12/h2-4,7,9H,5,12H2,1H3. The first-order chi connectivity index (χ1) is 6.22. The van der Waals surface area contributed by atoms with E-state index in [-0.39, 0.29) is 17.8 Å². The molecule has 0 radical (unpaired) electrons. The number of methoxy groups -OCH3 is 1. The normalized spacial score (nSPS) is 25.8. The van der Waals surface area contributed by atoms with E-state index in [1.54, 1.807) is 13.2 Å². The lowest BCUT2D eigenvalue weighted by Crippen LogP contribution is -2.02. The van der Waals surface area contributed by atoms with Gasteiger partial charge in [0.25, 0.3) is 0 Å². The molecule has 0 spiro atoms. The third-order valence-electron chi connectivity index (χ3n) is 2.43. The summed E-state index contributed by atoms with van der Waals surface area (Å²) in [4.78, 5) is 0. The Morgan fingerprint density at radius 3 is 2.77 bits per heavy atom. The van der Waals surface area contributed by atoms with Crippen molar-refractivity contribution in [2.45, 2.75) is 18.4 Å². The van der Waals surface area contributed by atoms with Crippen molar-refractivity contribution in [2.24, 2.45) is 5.73 Å². The summed E-state index contributed by atoms with van der Waals surface area (Å²) in [5, 5.41) is 0. The Kier molecular flexibility index (Phi) is 1.96. The lowest BCUT2D eigenvalue weighted by atomic mass is 10.1. The molecule has 1 aliphatic carbocycles. The Hall–Kier alpha value is -1.09. The summed E-state index contributed by atoms with van der Waals surface area (Å²) in [6.45, 7) is 0. The number of nitrogens with two attached hydrogens (primary N) is 1. The molecule has 1 aliphatic rings. The second kappa shape index (κ2) is 3.00. The molecule has 1 aromatic rings. The van der Waals surface area contributed by atoms with Gasteiger partial charge in [-0.2, -0.15) is 0 Å². The van der Waals surface area contributed by atoms with E-state index in [0.717, 1.165) is 17.7 Å². The molecule has 2 rings (SSSR count). The molecular weight excluding hydrogens is 169 g/mol. The fourth-order valence-electron chi connectivity index (χ4n) is 1.57. The first-order valence-corrected chi connectivity index (χ1v) is 4.31. The predicted octanol–water partition coefficient (Wildman–Crippen LogP) is 1.65. The van der Waals surface area contributed by atoms with Gasteiger partial charge in [0.15, 0.2) is 0 Å². The molecule has 3 heteroatoms. The summed E-state index contributed by atoms with van der Waals surface area (Å²) in [6, 6.07) is 4.73. The molecule has 0 heterocycles. The van der Waals surface area contributed by atoms with Crippen molar-refractivity contribution in [1.29, 1.82) is 0 Å². The van der Waals surface area contributed by atoms with Crippen LogP contribution in [0.25, 0.3) is 0 Å². The maximum atomic E-state index is 12.9. The SMILES string of the molecule is COc1ccc(F)cc1C1CC1N. The number of hydrogen-bond donors (Lipinski definition) is 1. The third-order valence-corrected chi connectivity index (χ3v) is 2.43. The third kappa shape index (κ3) is 1.52. The minimum absolute atomic E-state index is 0.177. The first-order valence-electron chi connectivity index (χ1n) is 4.31. The van der Waals surface area contributed by atoms with Crippen LogP contribution in [0.2, 0.25) is 0 Å². The number of rotatable bonds is 2. The van der Waals surface area contributed by atoms with Gasteiger partial charge in [-0.05, 0) is 24.6 Å². The van der Waals surface area contributed by atoms with Crippen molar-refractivity contribution in [3.8, 4) is 5.75 Å².